The lowest BCUT2D eigenvalue weighted by Crippen LogP contribution is -2.12. The molecule has 0 aliphatic rings. The monoisotopic (exact) mass is 422 g/mol. The van der Waals surface area contributed by atoms with Crippen LogP contribution in [-0.4, -0.2) is 30.6 Å². The van der Waals surface area contributed by atoms with Crippen molar-refractivity contribution in [1.29, 1.82) is 0 Å². The van der Waals surface area contributed by atoms with Gasteiger partial charge in [0.1, 0.15) is 11.5 Å². The molecule has 0 atom stereocenters. The van der Waals surface area contributed by atoms with Gasteiger partial charge in [0.2, 0.25) is 5.95 Å². The third kappa shape index (κ3) is 4.33. The summed E-state index contributed by atoms with van der Waals surface area (Å²) in [6, 6.07) is 5.61. The third-order valence-electron chi connectivity index (χ3n) is 4.43. The number of thiazole rings is 1. The molecule has 152 valence electrons. The Morgan fingerprint density at radius 3 is 2.87 bits per heavy atom. The molecule has 10 heteroatoms. The van der Waals surface area contributed by atoms with Crippen molar-refractivity contribution in [1.82, 2.24) is 24.7 Å². The van der Waals surface area contributed by atoms with Gasteiger partial charge in [0.05, 0.1) is 35.0 Å². The van der Waals surface area contributed by atoms with Crippen molar-refractivity contribution in [2.75, 3.05) is 5.32 Å². The molecule has 0 radical (unpaired) electrons. The number of nitrogens with two attached hydrogens (primary N) is 1. The predicted octanol–water partition coefficient (Wildman–Crippen LogP) is 3.43. The lowest BCUT2D eigenvalue weighted by Gasteiger charge is -2.09. The second-order valence-corrected chi connectivity index (χ2v) is 7.51. The Kier molecular flexibility index (Phi) is 5.48. The van der Waals surface area contributed by atoms with Crippen LogP contribution in [-0.2, 0) is 13.6 Å². The molecule has 8 nitrogen and oxygen atoms in total. The minimum Gasteiger partial charge on any atom is -0.383 e. The smallest absolute Gasteiger partial charge is 0.228 e. The molecular formula is C20H19FN8S. The maximum atomic E-state index is 14.4. The van der Waals surface area contributed by atoms with Crippen molar-refractivity contribution < 1.29 is 4.39 Å². The van der Waals surface area contributed by atoms with Gasteiger partial charge in [0.15, 0.2) is 5.82 Å². The Balaban J connectivity index is 1.56. The van der Waals surface area contributed by atoms with Crippen LogP contribution >= 0.6 is 11.3 Å². The van der Waals surface area contributed by atoms with E-state index in [0.29, 0.717) is 23.9 Å². The molecule has 4 aromatic rings. The molecule has 3 aromatic heterocycles. The van der Waals surface area contributed by atoms with Crippen LogP contribution in [0.5, 0.6) is 0 Å². The number of hydrogen-bond donors (Lipinski definition) is 2. The maximum absolute atomic E-state index is 14.4. The van der Waals surface area contributed by atoms with E-state index in [9.17, 15) is 4.39 Å². The summed E-state index contributed by atoms with van der Waals surface area (Å²) in [4.78, 5) is 17.6. The number of aromatic nitrogens is 5. The molecule has 0 saturated carbocycles. The molecule has 0 spiro atoms. The fourth-order valence-corrected chi connectivity index (χ4v) is 3.40. The zero-order valence-corrected chi connectivity index (χ0v) is 17.2. The van der Waals surface area contributed by atoms with Crippen molar-refractivity contribution in [2.45, 2.75) is 13.5 Å². The van der Waals surface area contributed by atoms with E-state index in [1.807, 2.05) is 25.1 Å². The summed E-state index contributed by atoms with van der Waals surface area (Å²) in [5.41, 5.74) is 11.3. The second-order valence-electron chi connectivity index (χ2n) is 6.63. The molecular weight excluding hydrogens is 403 g/mol. The Bertz CT molecular complexity index is 1200. The average Bonchev–Trinajstić information content (AvgIpc) is 3.40. The van der Waals surface area contributed by atoms with Crippen molar-refractivity contribution in [3.05, 3.63) is 70.3 Å². The van der Waals surface area contributed by atoms with Crippen molar-refractivity contribution in [2.24, 2.45) is 17.8 Å². The minimum atomic E-state index is -0.494. The van der Waals surface area contributed by atoms with E-state index in [0.717, 1.165) is 27.9 Å². The Morgan fingerprint density at radius 1 is 1.30 bits per heavy atom. The quantitative estimate of drug-likeness (QED) is 0.364. The number of amidine groups is 1. The Morgan fingerprint density at radius 2 is 2.17 bits per heavy atom. The lowest BCUT2D eigenvalue weighted by molar-refractivity contribution is 0.619. The fourth-order valence-electron chi connectivity index (χ4n) is 2.86. The third-order valence-corrected chi connectivity index (χ3v) is 5.22. The molecule has 0 aliphatic carbocycles. The molecule has 1 aromatic carbocycles. The summed E-state index contributed by atoms with van der Waals surface area (Å²) in [6.45, 7) is 2.38. The van der Waals surface area contributed by atoms with E-state index in [1.165, 1.54) is 11.3 Å². The van der Waals surface area contributed by atoms with E-state index in [1.54, 1.807) is 35.8 Å². The molecule has 0 amide bonds. The van der Waals surface area contributed by atoms with E-state index in [4.69, 9.17) is 5.73 Å². The molecule has 0 aliphatic heterocycles. The van der Waals surface area contributed by atoms with E-state index in [-0.39, 0.29) is 5.69 Å². The highest BCUT2D eigenvalue weighted by Gasteiger charge is 2.12. The molecule has 3 N–H and O–H groups in total. The van der Waals surface area contributed by atoms with Crippen LogP contribution in [0.25, 0.3) is 11.3 Å². The minimum absolute atomic E-state index is 0.221. The molecule has 0 bridgehead atoms. The van der Waals surface area contributed by atoms with Crippen molar-refractivity contribution in [3.8, 4) is 11.3 Å². The first kappa shape index (κ1) is 19.6. The number of nitrogens with one attached hydrogen (secondary N) is 1. The van der Waals surface area contributed by atoms with Crippen LogP contribution in [0.3, 0.4) is 0 Å². The summed E-state index contributed by atoms with van der Waals surface area (Å²) in [5, 5.41) is 7.11. The summed E-state index contributed by atoms with van der Waals surface area (Å²) in [6.07, 6.45) is 6.27. The fraction of sp³-hybridized carbons (Fsp3) is 0.150. The number of aryl methyl sites for hydroxylation is 2. The van der Waals surface area contributed by atoms with Crippen LogP contribution in [0, 0.1) is 12.7 Å². The van der Waals surface area contributed by atoms with Gasteiger partial charge in [-0.25, -0.2) is 14.4 Å². The maximum Gasteiger partial charge on any atom is 0.228 e. The van der Waals surface area contributed by atoms with Crippen LogP contribution < -0.4 is 11.1 Å². The first-order chi connectivity index (χ1) is 14.5. The number of halogens is 1. The standard InChI is InChI=1S/C20H19FN8S/c1-12-5-13(3-4-14(12)6-24-19(22)17-9-23-11-30-17)18-16(21)8-25-20(28-18)27-15-7-26-29(2)10-15/h3-5,7-11H,6H2,1-2H3,(H2,22,24)(H,25,27,28). The summed E-state index contributed by atoms with van der Waals surface area (Å²) < 4.78 is 16.1. The van der Waals surface area contributed by atoms with Gasteiger partial charge in [0, 0.05) is 25.0 Å². The van der Waals surface area contributed by atoms with Gasteiger partial charge in [-0.05, 0) is 24.1 Å². The average molecular weight is 422 g/mol. The molecule has 4 rings (SSSR count). The predicted molar refractivity (Wildman–Crippen MR) is 115 cm³/mol. The number of benzene rings is 1. The van der Waals surface area contributed by atoms with Crippen LogP contribution in [0.4, 0.5) is 16.0 Å². The van der Waals surface area contributed by atoms with Gasteiger partial charge >= 0.3 is 0 Å². The molecule has 0 fully saturated rings. The number of hydrogen-bond acceptors (Lipinski definition) is 7. The molecule has 0 saturated heterocycles. The second kappa shape index (κ2) is 8.37. The first-order valence-corrected chi connectivity index (χ1v) is 9.94. The van der Waals surface area contributed by atoms with Gasteiger partial charge < -0.3 is 11.1 Å². The van der Waals surface area contributed by atoms with E-state index < -0.39 is 5.82 Å². The molecule has 0 unspecified atom stereocenters. The summed E-state index contributed by atoms with van der Waals surface area (Å²) >= 11 is 1.44. The summed E-state index contributed by atoms with van der Waals surface area (Å²) in [7, 11) is 1.81. The van der Waals surface area contributed by atoms with Gasteiger partial charge in [-0.1, -0.05) is 12.1 Å². The van der Waals surface area contributed by atoms with Gasteiger partial charge in [-0.15, -0.1) is 11.3 Å². The highest BCUT2D eigenvalue weighted by atomic mass is 32.1. The van der Waals surface area contributed by atoms with Gasteiger partial charge in [0.25, 0.3) is 0 Å². The molecule has 30 heavy (non-hydrogen) atoms. The first-order valence-electron chi connectivity index (χ1n) is 9.06. The number of rotatable bonds is 6. The summed E-state index contributed by atoms with van der Waals surface area (Å²) in [5.74, 6) is 0.253. The van der Waals surface area contributed by atoms with Crippen molar-refractivity contribution >= 4 is 28.8 Å². The van der Waals surface area contributed by atoms with Gasteiger partial charge in [-0.2, -0.15) is 5.10 Å². The topological polar surface area (TPSA) is 107 Å². The van der Waals surface area contributed by atoms with Crippen LogP contribution in [0.1, 0.15) is 16.0 Å². The number of nitrogens with zero attached hydrogens (tertiary/aromatic N) is 6. The molecule has 3 heterocycles. The number of aliphatic imine (C=N–C) groups is 1. The number of anilines is 2. The largest absolute Gasteiger partial charge is 0.383 e. The zero-order chi connectivity index (χ0) is 21.1. The SMILES string of the molecule is Cc1cc(-c2nc(Nc3cnn(C)c3)ncc2F)ccc1CN=C(N)c1cncs1. The van der Waals surface area contributed by atoms with Gasteiger partial charge in [-0.3, -0.25) is 14.7 Å². The zero-order valence-electron chi connectivity index (χ0n) is 16.4. The Labute approximate surface area is 176 Å². The Hall–Kier alpha value is -3.66. The highest BCUT2D eigenvalue weighted by molar-refractivity contribution is 7.11. The van der Waals surface area contributed by atoms with Crippen LogP contribution in [0.15, 0.2) is 53.5 Å². The van der Waals surface area contributed by atoms with E-state index >= 15 is 0 Å². The normalized spacial score (nSPS) is 11.6. The lowest BCUT2D eigenvalue weighted by atomic mass is 10.0. The highest BCUT2D eigenvalue weighted by Crippen LogP contribution is 2.25. The van der Waals surface area contributed by atoms with Crippen LogP contribution in [0.2, 0.25) is 0 Å². The van der Waals surface area contributed by atoms with E-state index in [2.05, 4.69) is 30.4 Å². The van der Waals surface area contributed by atoms with Crippen molar-refractivity contribution in [3.63, 3.8) is 0 Å².